The summed E-state index contributed by atoms with van der Waals surface area (Å²) in [6.07, 6.45) is 0. The van der Waals surface area contributed by atoms with Crippen LogP contribution in [0.5, 0.6) is 5.75 Å². The number of hydrogen-bond donors (Lipinski definition) is 1. The fraction of sp³-hybridized carbons (Fsp3) is 0.176. The van der Waals surface area contributed by atoms with Crippen molar-refractivity contribution in [2.75, 3.05) is 18.0 Å². The quantitative estimate of drug-likeness (QED) is 0.378. The fourth-order valence-electron chi connectivity index (χ4n) is 2.53. The van der Waals surface area contributed by atoms with E-state index in [4.69, 9.17) is 4.74 Å². The van der Waals surface area contributed by atoms with E-state index in [9.17, 15) is 24.1 Å². The second kappa shape index (κ2) is 7.18. The fourth-order valence-corrected chi connectivity index (χ4v) is 2.53. The first-order valence-corrected chi connectivity index (χ1v) is 7.67. The first-order valence-electron chi connectivity index (χ1n) is 7.67. The lowest BCUT2D eigenvalue weighted by atomic mass is 10.2. The number of fused-ring (bicyclic) bond motifs is 1. The van der Waals surface area contributed by atoms with E-state index in [0.717, 1.165) is 11.6 Å². The second-order valence-electron chi connectivity index (χ2n) is 5.64. The van der Waals surface area contributed by atoms with Gasteiger partial charge in [0.05, 0.1) is 23.2 Å². The molecule has 0 radical (unpaired) electrons. The van der Waals surface area contributed by atoms with Crippen molar-refractivity contribution in [2.24, 2.45) is 0 Å². The molecule has 9 heteroatoms. The molecule has 2 aromatic carbocycles. The van der Waals surface area contributed by atoms with Crippen LogP contribution in [0.3, 0.4) is 0 Å². The predicted octanol–water partition coefficient (Wildman–Crippen LogP) is 1.78. The number of esters is 1. The largest absolute Gasteiger partial charge is 0.423 e. The smallest absolute Gasteiger partial charge is 0.331 e. The highest BCUT2D eigenvalue weighted by Gasteiger charge is 2.27. The first-order chi connectivity index (χ1) is 12.4. The summed E-state index contributed by atoms with van der Waals surface area (Å²) in [6, 6.07) is 9.57. The standard InChI is InChI=1S/C17H14FN3O5/c18-12-3-1-11(2-4-12)8-19-16(22)9-20-10-17(23)26-15-7-13(21(24)25)5-6-14(15)20/h1-7H,8-10H2,(H,19,22). The molecule has 1 heterocycles. The molecular formula is C17H14FN3O5. The highest BCUT2D eigenvalue weighted by molar-refractivity contribution is 5.89. The average Bonchev–Trinajstić information content (AvgIpc) is 2.60. The Morgan fingerprint density at radius 1 is 1.27 bits per heavy atom. The highest BCUT2D eigenvalue weighted by Crippen LogP contribution is 2.34. The lowest BCUT2D eigenvalue weighted by molar-refractivity contribution is -0.384. The van der Waals surface area contributed by atoms with Gasteiger partial charge in [0.15, 0.2) is 5.75 Å². The van der Waals surface area contributed by atoms with Crippen molar-refractivity contribution >= 4 is 23.3 Å². The molecule has 0 saturated heterocycles. The van der Waals surface area contributed by atoms with Gasteiger partial charge in [-0.05, 0) is 23.8 Å². The summed E-state index contributed by atoms with van der Waals surface area (Å²) in [7, 11) is 0. The van der Waals surface area contributed by atoms with E-state index in [0.29, 0.717) is 5.69 Å². The number of nitrogens with one attached hydrogen (secondary N) is 1. The van der Waals surface area contributed by atoms with E-state index in [2.05, 4.69) is 5.32 Å². The molecule has 1 amide bonds. The van der Waals surface area contributed by atoms with Crippen molar-refractivity contribution in [3.05, 3.63) is 64.0 Å². The molecule has 0 aromatic heterocycles. The van der Waals surface area contributed by atoms with Gasteiger partial charge in [-0.1, -0.05) is 12.1 Å². The van der Waals surface area contributed by atoms with Gasteiger partial charge in [0.25, 0.3) is 5.69 Å². The SMILES string of the molecule is O=C(CN1CC(=O)Oc2cc([N+](=O)[O-])ccc21)NCc1ccc(F)cc1. The van der Waals surface area contributed by atoms with E-state index in [-0.39, 0.29) is 42.8 Å². The maximum absolute atomic E-state index is 12.9. The molecule has 0 atom stereocenters. The first kappa shape index (κ1) is 17.3. The number of non-ortho nitro benzene ring substituents is 1. The van der Waals surface area contributed by atoms with Crippen LogP contribution in [-0.2, 0) is 16.1 Å². The second-order valence-corrected chi connectivity index (χ2v) is 5.64. The Bertz CT molecular complexity index is 869. The van der Waals surface area contributed by atoms with Crippen LogP contribution in [0, 0.1) is 15.9 Å². The molecule has 1 N–H and O–H groups in total. The summed E-state index contributed by atoms with van der Waals surface area (Å²) in [4.78, 5) is 35.6. The van der Waals surface area contributed by atoms with E-state index >= 15 is 0 Å². The van der Waals surface area contributed by atoms with Gasteiger partial charge in [-0.25, -0.2) is 9.18 Å². The molecule has 0 bridgehead atoms. The number of ether oxygens (including phenoxy) is 1. The Kier molecular flexibility index (Phi) is 4.78. The van der Waals surface area contributed by atoms with Crippen LogP contribution in [0.4, 0.5) is 15.8 Å². The van der Waals surface area contributed by atoms with Gasteiger partial charge < -0.3 is 15.0 Å². The van der Waals surface area contributed by atoms with E-state index in [1.54, 1.807) is 12.1 Å². The third-order valence-electron chi connectivity index (χ3n) is 3.78. The lowest BCUT2D eigenvalue weighted by Gasteiger charge is -2.28. The predicted molar refractivity (Wildman–Crippen MR) is 89.2 cm³/mol. The number of carbonyl (C=O) groups excluding carboxylic acids is 2. The summed E-state index contributed by atoms with van der Waals surface area (Å²) >= 11 is 0. The van der Waals surface area contributed by atoms with Crippen LogP contribution < -0.4 is 15.0 Å². The minimum Gasteiger partial charge on any atom is -0.423 e. The lowest BCUT2D eigenvalue weighted by Crippen LogP contribution is -2.43. The summed E-state index contributed by atoms with van der Waals surface area (Å²) in [6.45, 7) is -0.0552. The number of halogens is 1. The minimum absolute atomic E-state index is 0.0433. The number of amides is 1. The number of nitro groups is 1. The van der Waals surface area contributed by atoms with Crippen LogP contribution in [0.1, 0.15) is 5.56 Å². The van der Waals surface area contributed by atoms with Gasteiger partial charge in [-0.2, -0.15) is 0 Å². The molecule has 1 aliphatic rings. The van der Waals surface area contributed by atoms with Gasteiger partial charge in [0, 0.05) is 12.6 Å². The summed E-state index contributed by atoms with van der Waals surface area (Å²) < 4.78 is 17.9. The normalized spacial score (nSPS) is 13.0. The summed E-state index contributed by atoms with van der Waals surface area (Å²) in [5.41, 5.74) is 0.945. The molecule has 0 spiro atoms. The Morgan fingerprint density at radius 2 is 2.00 bits per heavy atom. The topological polar surface area (TPSA) is 102 Å². The number of nitro benzene ring substituents is 1. The van der Waals surface area contributed by atoms with Crippen molar-refractivity contribution in [1.29, 1.82) is 0 Å². The Labute approximate surface area is 147 Å². The average molecular weight is 359 g/mol. The van der Waals surface area contributed by atoms with Gasteiger partial charge >= 0.3 is 5.97 Å². The molecule has 0 aliphatic carbocycles. The van der Waals surface area contributed by atoms with Gasteiger partial charge in [0.2, 0.25) is 5.91 Å². The molecule has 3 rings (SSSR count). The van der Waals surface area contributed by atoms with Crippen molar-refractivity contribution < 1.29 is 23.6 Å². The minimum atomic E-state index is -0.607. The number of carbonyl (C=O) groups is 2. The van der Waals surface area contributed by atoms with Crippen LogP contribution in [0.15, 0.2) is 42.5 Å². The van der Waals surface area contributed by atoms with Crippen molar-refractivity contribution in [3.63, 3.8) is 0 Å². The number of benzene rings is 2. The number of nitrogens with zero attached hydrogens (tertiary/aromatic N) is 2. The van der Waals surface area contributed by atoms with Gasteiger partial charge in [0.1, 0.15) is 12.4 Å². The van der Waals surface area contributed by atoms with Crippen LogP contribution in [-0.4, -0.2) is 29.9 Å². The zero-order valence-corrected chi connectivity index (χ0v) is 13.5. The Balaban J connectivity index is 1.67. The highest BCUT2D eigenvalue weighted by atomic mass is 19.1. The maximum atomic E-state index is 12.9. The number of rotatable bonds is 5. The van der Waals surface area contributed by atoms with Crippen molar-refractivity contribution in [1.82, 2.24) is 5.32 Å². The third kappa shape index (κ3) is 3.94. The molecule has 0 fully saturated rings. The molecule has 134 valence electrons. The molecule has 26 heavy (non-hydrogen) atoms. The third-order valence-corrected chi connectivity index (χ3v) is 3.78. The van der Waals surface area contributed by atoms with Crippen molar-refractivity contribution in [3.8, 4) is 5.75 Å². The van der Waals surface area contributed by atoms with Gasteiger partial charge in [-0.3, -0.25) is 14.9 Å². The van der Waals surface area contributed by atoms with Crippen LogP contribution >= 0.6 is 0 Å². The molecule has 0 saturated carbocycles. The monoisotopic (exact) mass is 359 g/mol. The van der Waals surface area contributed by atoms with Gasteiger partial charge in [-0.15, -0.1) is 0 Å². The maximum Gasteiger partial charge on any atom is 0.331 e. The van der Waals surface area contributed by atoms with Crippen LogP contribution in [0.2, 0.25) is 0 Å². The van der Waals surface area contributed by atoms with E-state index < -0.39 is 10.9 Å². The Morgan fingerprint density at radius 3 is 2.69 bits per heavy atom. The van der Waals surface area contributed by atoms with E-state index in [1.807, 2.05) is 0 Å². The summed E-state index contributed by atoms with van der Waals surface area (Å²) in [5.74, 6) is -1.28. The molecule has 2 aromatic rings. The molecule has 1 aliphatic heterocycles. The van der Waals surface area contributed by atoms with E-state index in [1.165, 1.54) is 29.2 Å². The molecule has 0 unspecified atom stereocenters. The summed E-state index contributed by atoms with van der Waals surface area (Å²) in [5, 5.41) is 13.5. The number of anilines is 1. The Hall–Kier alpha value is -3.49. The number of hydrogen-bond acceptors (Lipinski definition) is 6. The zero-order chi connectivity index (χ0) is 18.7. The molecular weight excluding hydrogens is 345 g/mol. The van der Waals surface area contributed by atoms with Crippen molar-refractivity contribution in [2.45, 2.75) is 6.54 Å². The van der Waals surface area contributed by atoms with Crippen LogP contribution in [0.25, 0.3) is 0 Å². The molecule has 8 nitrogen and oxygen atoms in total. The zero-order valence-electron chi connectivity index (χ0n) is 13.5.